The van der Waals surface area contributed by atoms with E-state index < -0.39 is 0 Å². The number of rotatable bonds is 10. The van der Waals surface area contributed by atoms with Crippen LogP contribution in [-0.4, -0.2) is 53.2 Å². The van der Waals surface area contributed by atoms with Crippen LogP contribution < -0.4 is 10.9 Å². The Balaban J connectivity index is 1.25. The van der Waals surface area contributed by atoms with Crippen LogP contribution in [0.1, 0.15) is 42.9 Å². The van der Waals surface area contributed by atoms with E-state index in [0.717, 1.165) is 51.1 Å². The lowest BCUT2D eigenvalue weighted by molar-refractivity contribution is -0.121. The molecule has 1 amide bonds. The summed E-state index contributed by atoms with van der Waals surface area (Å²) >= 11 is 5.38. The van der Waals surface area contributed by atoms with Crippen LogP contribution in [0.4, 0.5) is 0 Å². The number of benzene rings is 2. The van der Waals surface area contributed by atoms with E-state index in [4.69, 9.17) is 17.0 Å². The van der Waals surface area contributed by atoms with Gasteiger partial charge in [-0.25, -0.2) is 0 Å². The Hall–Kier alpha value is -2.81. The van der Waals surface area contributed by atoms with Gasteiger partial charge in [-0.3, -0.25) is 19.1 Å². The van der Waals surface area contributed by atoms with Gasteiger partial charge in [0.15, 0.2) is 4.77 Å². The molecule has 2 heterocycles. The molecule has 186 valence electrons. The second kappa shape index (κ2) is 12.2. The van der Waals surface area contributed by atoms with E-state index in [9.17, 15) is 9.59 Å². The van der Waals surface area contributed by atoms with E-state index in [1.54, 1.807) is 4.57 Å². The molecule has 0 spiro atoms. The van der Waals surface area contributed by atoms with Crippen molar-refractivity contribution in [2.75, 3.05) is 32.8 Å². The maximum absolute atomic E-state index is 12.7. The summed E-state index contributed by atoms with van der Waals surface area (Å²) in [5, 5.41) is 3.79. The molecule has 2 aromatic carbocycles. The number of unbranched alkanes of at least 4 members (excludes halogenated alkanes) is 2. The highest BCUT2D eigenvalue weighted by molar-refractivity contribution is 7.71. The smallest absolute Gasteiger partial charge is 0.262 e. The fourth-order valence-corrected chi connectivity index (χ4v) is 4.94. The van der Waals surface area contributed by atoms with Gasteiger partial charge >= 0.3 is 0 Å². The fraction of sp³-hybridized carbons (Fsp3) is 0.444. The van der Waals surface area contributed by atoms with Crippen LogP contribution in [0.3, 0.4) is 0 Å². The SMILES string of the molecule is Cc1cccc(C(CNC(=O)CCCCCn2c(=S)[nH]c3ccccc3c2=O)N2CCOCC2)c1. The number of amides is 1. The van der Waals surface area contributed by atoms with Gasteiger partial charge in [0, 0.05) is 32.6 Å². The summed E-state index contributed by atoms with van der Waals surface area (Å²) in [7, 11) is 0. The zero-order valence-corrected chi connectivity index (χ0v) is 21.1. The number of para-hydroxylation sites is 1. The zero-order valence-electron chi connectivity index (χ0n) is 20.3. The van der Waals surface area contributed by atoms with Gasteiger partial charge in [0.2, 0.25) is 5.91 Å². The molecule has 1 saturated heterocycles. The van der Waals surface area contributed by atoms with Gasteiger partial charge in [-0.05, 0) is 49.7 Å². The number of aryl methyl sites for hydroxylation is 1. The highest BCUT2D eigenvalue weighted by atomic mass is 32.1. The number of ether oxygens (including phenoxy) is 1. The number of morpholine rings is 1. The first-order valence-corrected chi connectivity index (χ1v) is 12.8. The Bertz CT molecular complexity index is 1260. The number of aromatic nitrogens is 2. The molecule has 1 fully saturated rings. The molecule has 0 bridgehead atoms. The molecular weight excluding hydrogens is 460 g/mol. The Morgan fingerprint density at radius 1 is 1.11 bits per heavy atom. The largest absolute Gasteiger partial charge is 0.379 e. The molecule has 1 atom stereocenters. The average molecular weight is 495 g/mol. The molecule has 0 radical (unpaired) electrons. The number of carbonyl (C=O) groups excluding carboxylic acids is 1. The highest BCUT2D eigenvalue weighted by Crippen LogP contribution is 2.22. The van der Waals surface area contributed by atoms with Crippen LogP contribution in [0.15, 0.2) is 53.3 Å². The van der Waals surface area contributed by atoms with Crippen LogP contribution in [0.2, 0.25) is 0 Å². The van der Waals surface area contributed by atoms with Crippen molar-refractivity contribution in [1.29, 1.82) is 0 Å². The third-order valence-electron chi connectivity index (χ3n) is 6.58. The van der Waals surface area contributed by atoms with Gasteiger partial charge in [0.25, 0.3) is 5.56 Å². The van der Waals surface area contributed by atoms with E-state index in [-0.39, 0.29) is 17.5 Å². The Labute approximate surface area is 211 Å². The number of hydrogen-bond acceptors (Lipinski definition) is 5. The third-order valence-corrected chi connectivity index (χ3v) is 6.90. The van der Waals surface area contributed by atoms with Crippen LogP contribution in [0, 0.1) is 11.7 Å². The predicted molar refractivity (Wildman–Crippen MR) is 141 cm³/mol. The van der Waals surface area contributed by atoms with Crippen molar-refractivity contribution in [3.05, 3.63) is 74.8 Å². The molecule has 8 heteroatoms. The van der Waals surface area contributed by atoms with E-state index in [2.05, 4.69) is 46.4 Å². The molecule has 3 aromatic rings. The van der Waals surface area contributed by atoms with Gasteiger partial charge in [-0.2, -0.15) is 0 Å². The molecule has 35 heavy (non-hydrogen) atoms. The zero-order chi connectivity index (χ0) is 24.6. The lowest BCUT2D eigenvalue weighted by atomic mass is 10.0. The first-order chi connectivity index (χ1) is 17.0. The van der Waals surface area contributed by atoms with Gasteiger partial charge in [0.05, 0.1) is 30.2 Å². The van der Waals surface area contributed by atoms with E-state index >= 15 is 0 Å². The second-order valence-corrected chi connectivity index (χ2v) is 9.51. The van der Waals surface area contributed by atoms with E-state index in [1.807, 2.05) is 24.3 Å². The average Bonchev–Trinajstić information content (AvgIpc) is 2.86. The summed E-state index contributed by atoms with van der Waals surface area (Å²) in [6.07, 6.45) is 2.90. The van der Waals surface area contributed by atoms with Crippen LogP contribution in [-0.2, 0) is 16.1 Å². The van der Waals surface area contributed by atoms with Crippen molar-refractivity contribution in [3.63, 3.8) is 0 Å². The maximum atomic E-state index is 12.7. The molecule has 1 unspecified atom stereocenters. The molecule has 1 aromatic heterocycles. The lowest BCUT2D eigenvalue weighted by Crippen LogP contribution is -2.43. The molecule has 1 aliphatic rings. The van der Waals surface area contributed by atoms with Crippen molar-refractivity contribution in [2.24, 2.45) is 0 Å². The lowest BCUT2D eigenvalue weighted by Gasteiger charge is -2.35. The number of nitrogens with one attached hydrogen (secondary N) is 2. The van der Waals surface area contributed by atoms with E-state index in [0.29, 0.717) is 29.7 Å². The van der Waals surface area contributed by atoms with Crippen molar-refractivity contribution in [3.8, 4) is 0 Å². The topological polar surface area (TPSA) is 79.4 Å². The van der Waals surface area contributed by atoms with Crippen molar-refractivity contribution in [2.45, 2.75) is 45.2 Å². The molecule has 4 rings (SSSR count). The molecule has 7 nitrogen and oxygen atoms in total. The van der Waals surface area contributed by atoms with Crippen molar-refractivity contribution in [1.82, 2.24) is 19.8 Å². The monoisotopic (exact) mass is 494 g/mol. The minimum absolute atomic E-state index is 0.0626. The van der Waals surface area contributed by atoms with Gasteiger partial charge in [0.1, 0.15) is 0 Å². The van der Waals surface area contributed by atoms with Crippen molar-refractivity contribution >= 4 is 29.0 Å². The van der Waals surface area contributed by atoms with Crippen LogP contribution in [0.5, 0.6) is 0 Å². The minimum atomic E-state index is -0.0626. The fourth-order valence-electron chi connectivity index (χ4n) is 4.66. The van der Waals surface area contributed by atoms with Gasteiger partial charge in [-0.15, -0.1) is 0 Å². The van der Waals surface area contributed by atoms with Gasteiger partial charge in [-0.1, -0.05) is 48.4 Å². The standard InChI is InChI=1S/C27H34N4O3S/c1-20-8-7-9-21(18-20)24(30-14-16-34-17-15-30)19-28-25(32)12-3-2-6-13-31-26(33)22-10-4-5-11-23(22)29-27(31)35/h4-5,7-11,18,24H,2-3,6,12-17,19H2,1H3,(H,28,32)(H,29,35). The summed E-state index contributed by atoms with van der Waals surface area (Å²) in [4.78, 5) is 30.8. The summed E-state index contributed by atoms with van der Waals surface area (Å²) in [6.45, 7) is 6.41. The molecule has 0 saturated carbocycles. The number of H-pyrrole nitrogens is 1. The van der Waals surface area contributed by atoms with Crippen LogP contribution in [0.25, 0.3) is 10.9 Å². The van der Waals surface area contributed by atoms with Gasteiger partial charge < -0.3 is 15.0 Å². The molecular formula is C27H34N4O3S. The highest BCUT2D eigenvalue weighted by Gasteiger charge is 2.23. The third kappa shape index (κ3) is 6.66. The summed E-state index contributed by atoms with van der Waals surface area (Å²) in [5.74, 6) is 0.0658. The molecule has 0 aliphatic carbocycles. The number of fused-ring (bicyclic) bond motifs is 1. The molecule has 1 aliphatic heterocycles. The number of hydrogen-bond donors (Lipinski definition) is 2. The number of carbonyl (C=O) groups is 1. The van der Waals surface area contributed by atoms with Crippen LogP contribution >= 0.6 is 12.2 Å². The first-order valence-electron chi connectivity index (χ1n) is 12.4. The molecule has 2 N–H and O–H groups in total. The normalized spacial score (nSPS) is 15.2. The maximum Gasteiger partial charge on any atom is 0.262 e. The predicted octanol–water partition coefficient (Wildman–Crippen LogP) is 4.12. The summed E-state index contributed by atoms with van der Waals surface area (Å²) in [5.41, 5.74) is 3.14. The first kappa shape index (κ1) is 25.3. The minimum Gasteiger partial charge on any atom is -0.379 e. The second-order valence-electron chi connectivity index (χ2n) is 9.13. The Morgan fingerprint density at radius 2 is 1.91 bits per heavy atom. The summed E-state index contributed by atoms with van der Waals surface area (Å²) < 4.78 is 7.58. The van der Waals surface area contributed by atoms with E-state index in [1.165, 1.54) is 11.1 Å². The number of aromatic amines is 1. The Kier molecular flexibility index (Phi) is 8.84. The Morgan fingerprint density at radius 3 is 2.71 bits per heavy atom. The quantitative estimate of drug-likeness (QED) is 0.327. The summed E-state index contributed by atoms with van der Waals surface area (Å²) in [6, 6.07) is 16.1. The van der Waals surface area contributed by atoms with Crippen molar-refractivity contribution < 1.29 is 9.53 Å². The number of nitrogens with zero attached hydrogens (tertiary/aromatic N) is 2.